The highest BCUT2D eigenvalue weighted by Crippen LogP contribution is 2.17. The van der Waals surface area contributed by atoms with Gasteiger partial charge in [0.1, 0.15) is 0 Å². The molecule has 1 amide bonds. The second-order valence-corrected chi connectivity index (χ2v) is 5.80. The summed E-state index contributed by atoms with van der Waals surface area (Å²) in [5.74, 6) is 1.01. The van der Waals surface area contributed by atoms with Crippen LogP contribution in [0.5, 0.6) is 0 Å². The SMILES string of the molecule is CCS(=O)CCNC(=O)c1c[nH]c2ccccc12. The van der Waals surface area contributed by atoms with Crippen molar-refractivity contribution in [3.8, 4) is 0 Å². The third-order valence-corrected chi connectivity index (χ3v) is 4.07. The molecule has 5 heteroatoms. The highest BCUT2D eigenvalue weighted by atomic mass is 32.2. The lowest BCUT2D eigenvalue weighted by atomic mass is 10.1. The van der Waals surface area contributed by atoms with Crippen LogP contribution in [0.25, 0.3) is 10.9 Å². The van der Waals surface area contributed by atoms with Crippen LogP contribution in [-0.4, -0.2) is 33.2 Å². The predicted molar refractivity (Wildman–Crippen MR) is 74.2 cm³/mol. The molecule has 0 spiro atoms. The van der Waals surface area contributed by atoms with Gasteiger partial charge in [0.15, 0.2) is 0 Å². The van der Waals surface area contributed by atoms with Crippen molar-refractivity contribution in [3.63, 3.8) is 0 Å². The second kappa shape index (κ2) is 5.82. The summed E-state index contributed by atoms with van der Waals surface area (Å²) in [7, 11) is -0.840. The summed E-state index contributed by atoms with van der Waals surface area (Å²) >= 11 is 0. The zero-order valence-corrected chi connectivity index (χ0v) is 11.0. The molecule has 96 valence electrons. The van der Waals surface area contributed by atoms with E-state index in [1.807, 2.05) is 31.2 Å². The number of hydrogen-bond donors (Lipinski definition) is 2. The van der Waals surface area contributed by atoms with Crippen molar-refractivity contribution in [2.75, 3.05) is 18.1 Å². The van der Waals surface area contributed by atoms with E-state index < -0.39 is 10.8 Å². The molecule has 0 bridgehead atoms. The number of aromatic nitrogens is 1. The normalized spacial score (nSPS) is 12.5. The molecule has 1 unspecified atom stereocenters. The lowest BCUT2D eigenvalue weighted by Gasteiger charge is -2.03. The molecule has 2 rings (SSSR count). The van der Waals surface area contributed by atoms with Crippen molar-refractivity contribution in [2.45, 2.75) is 6.92 Å². The molecule has 1 heterocycles. The summed E-state index contributed by atoms with van der Waals surface area (Å²) in [6.07, 6.45) is 1.71. The maximum atomic E-state index is 12.0. The van der Waals surface area contributed by atoms with Crippen LogP contribution in [0.1, 0.15) is 17.3 Å². The standard InChI is InChI=1S/C13H16N2O2S/c1-2-18(17)8-7-14-13(16)11-9-15-12-6-4-3-5-10(11)12/h3-6,9,15H,2,7-8H2,1H3,(H,14,16). The second-order valence-electron chi connectivity index (χ2n) is 3.94. The molecule has 1 atom stereocenters. The van der Waals surface area contributed by atoms with Crippen molar-refractivity contribution in [1.82, 2.24) is 10.3 Å². The molecule has 2 aromatic rings. The largest absolute Gasteiger partial charge is 0.360 e. The van der Waals surface area contributed by atoms with Gasteiger partial charge in [-0.3, -0.25) is 9.00 Å². The third-order valence-electron chi connectivity index (χ3n) is 2.77. The summed E-state index contributed by atoms with van der Waals surface area (Å²) in [5.41, 5.74) is 1.58. The first-order valence-electron chi connectivity index (χ1n) is 5.91. The van der Waals surface area contributed by atoms with Gasteiger partial charge in [0.2, 0.25) is 0 Å². The number of aromatic amines is 1. The van der Waals surface area contributed by atoms with Gasteiger partial charge in [-0.25, -0.2) is 0 Å². The van der Waals surface area contributed by atoms with Crippen molar-refractivity contribution in [1.29, 1.82) is 0 Å². The zero-order valence-electron chi connectivity index (χ0n) is 10.2. The summed E-state index contributed by atoms with van der Waals surface area (Å²) in [6.45, 7) is 2.32. The number of hydrogen-bond acceptors (Lipinski definition) is 2. The number of carbonyl (C=O) groups is 1. The highest BCUT2D eigenvalue weighted by Gasteiger charge is 2.10. The van der Waals surface area contributed by atoms with E-state index in [0.29, 0.717) is 23.6 Å². The number of para-hydroxylation sites is 1. The quantitative estimate of drug-likeness (QED) is 0.863. The number of rotatable bonds is 5. The number of amides is 1. The van der Waals surface area contributed by atoms with E-state index in [9.17, 15) is 9.00 Å². The zero-order chi connectivity index (χ0) is 13.0. The van der Waals surface area contributed by atoms with Crippen molar-refractivity contribution in [3.05, 3.63) is 36.0 Å². The van der Waals surface area contributed by atoms with Crippen molar-refractivity contribution >= 4 is 27.6 Å². The van der Waals surface area contributed by atoms with Crippen LogP contribution in [0, 0.1) is 0 Å². The molecule has 2 N–H and O–H groups in total. The van der Waals surface area contributed by atoms with Crippen LogP contribution < -0.4 is 5.32 Å². The average Bonchev–Trinajstić information content (AvgIpc) is 2.82. The van der Waals surface area contributed by atoms with Gasteiger partial charge in [0.25, 0.3) is 5.91 Å². The Morgan fingerprint density at radius 1 is 1.39 bits per heavy atom. The Morgan fingerprint density at radius 2 is 2.17 bits per heavy atom. The van der Waals surface area contributed by atoms with E-state index >= 15 is 0 Å². The van der Waals surface area contributed by atoms with Crippen LogP contribution in [0.3, 0.4) is 0 Å². The Morgan fingerprint density at radius 3 is 2.94 bits per heavy atom. The van der Waals surface area contributed by atoms with Gasteiger partial charge in [-0.1, -0.05) is 25.1 Å². The van der Waals surface area contributed by atoms with Gasteiger partial charge in [0.05, 0.1) is 5.56 Å². The molecule has 0 saturated heterocycles. The van der Waals surface area contributed by atoms with Gasteiger partial charge in [0, 0.05) is 45.9 Å². The van der Waals surface area contributed by atoms with Crippen molar-refractivity contribution in [2.24, 2.45) is 0 Å². The van der Waals surface area contributed by atoms with Gasteiger partial charge >= 0.3 is 0 Å². The first-order valence-corrected chi connectivity index (χ1v) is 7.40. The fourth-order valence-corrected chi connectivity index (χ4v) is 2.40. The molecular weight excluding hydrogens is 248 g/mol. The molecule has 0 aliphatic carbocycles. The number of benzene rings is 1. The molecule has 18 heavy (non-hydrogen) atoms. The molecule has 4 nitrogen and oxygen atoms in total. The highest BCUT2D eigenvalue weighted by molar-refractivity contribution is 7.84. The smallest absolute Gasteiger partial charge is 0.253 e. The predicted octanol–water partition coefficient (Wildman–Crippen LogP) is 1.67. The number of nitrogens with one attached hydrogen (secondary N) is 2. The fourth-order valence-electron chi connectivity index (χ4n) is 1.78. The van der Waals surface area contributed by atoms with Crippen LogP contribution >= 0.6 is 0 Å². The molecular formula is C13H16N2O2S. The van der Waals surface area contributed by atoms with E-state index in [4.69, 9.17) is 0 Å². The molecule has 0 saturated carbocycles. The fraction of sp³-hybridized carbons (Fsp3) is 0.308. The number of H-pyrrole nitrogens is 1. The minimum atomic E-state index is -0.840. The van der Waals surface area contributed by atoms with E-state index in [1.54, 1.807) is 6.20 Å². The number of carbonyl (C=O) groups excluding carboxylic acids is 1. The average molecular weight is 264 g/mol. The van der Waals surface area contributed by atoms with E-state index in [1.165, 1.54) is 0 Å². The Bertz CT molecular complexity index is 577. The molecule has 1 aromatic heterocycles. The molecule has 0 aliphatic heterocycles. The first-order chi connectivity index (χ1) is 8.72. The monoisotopic (exact) mass is 264 g/mol. The van der Waals surface area contributed by atoms with Crippen LogP contribution in [-0.2, 0) is 10.8 Å². The van der Waals surface area contributed by atoms with Gasteiger partial charge in [-0.2, -0.15) is 0 Å². The minimum Gasteiger partial charge on any atom is -0.360 e. The van der Waals surface area contributed by atoms with Crippen LogP contribution in [0.15, 0.2) is 30.5 Å². The van der Waals surface area contributed by atoms with Crippen LogP contribution in [0.2, 0.25) is 0 Å². The Kier molecular flexibility index (Phi) is 4.15. The van der Waals surface area contributed by atoms with E-state index in [-0.39, 0.29) is 5.91 Å². The topological polar surface area (TPSA) is 62.0 Å². The van der Waals surface area contributed by atoms with Crippen molar-refractivity contribution < 1.29 is 9.00 Å². The lowest BCUT2D eigenvalue weighted by Crippen LogP contribution is -2.27. The molecule has 0 aliphatic rings. The van der Waals surface area contributed by atoms with Gasteiger partial charge < -0.3 is 10.3 Å². The third kappa shape index (κ3) is 2.79. The molecule has 0 fully saturated rings. The summed E-state index contributed by atoms with van der Waals surface area (Å²) in [6, 6.07) is 7.66. The van der Waals surface area contributed by atoms with Gasteiger partial charge in [-0.15, -0.1) is 0 Å². The molecule has 1 aromatic carbocycles. The molecule has 0 radical (unpaired) electrons. The summed E-state index contributed by atoms with van der Waals surface area (Å²) in [5, 5.41) is 3.70. The Hall–Kier alpha value is -1.62. The maximum Gasteiger partial charge on any atom is 0.253 e. The summed E-state index contributed by atoms with van der Waals surface area (Å²) in [4.78, 5) is 15.0. The first kappa shape index (κ1) is 12.8. The van der Waals surface area contributed by atoms with Gasteiger partial charge in [-0.05, 0) is 6.07 Å². The van der Waals surface area contributed by atoms with E-state index in [2.05, 4.69) is 10.3 Å². The Labute approximate surface area is 108 Å². The number of fused-ring (bicyclic) bond motifs is 1. The lowest BCUT2D eigenvalue weighted by molar-refractivity contribution is 0.0958. The summed E-state index contributed by atoms with van der Waals surface area (Å²) < 4.78 is 11.2. The van der Waals surface area contributed by atoms with E-state index in [0.717, 1.165) is 10.9 Å². The van der Waals surface area contributed by atoms with Crippen LogP contribution in [0.4, 0.5) is 0 Å². The maximum absolute atomic E-state index is 12.0. The minimum absolute atomic E-state index is 0.124. The Balaban J connectivity index is 2.03.